The highest BCUT2D eigenvalue weighted by molar-refractivity contribution is 5.80. The Labute approximate surface area is 85.8 Å². The third-order valence-corrected chi connectivity index (χ3v) is 3.28. The van der Waals surface area contributed by atoms with Crippen LogP contribution in [0.25, 0.3) is 0 Å². The summed E-state index contributed by atoms with van der Waals surface area (Å²) >= 11 is 0. The largest absolute Gasteiger partial charge is 0.338 e. The molecule has 14 heavy (non-hydrogen) atoms. The first-order chi connectivity index (χ1) is 6.70. The SMILES string of the molecule is CCC(C)NC1CC(=O)N(C2CC2)C1. The van der Waals surface area contributed by atoms with Crippen molar-refractivity contribution >= 4 is 5.91 Å². The predicted octanol–water partition coefficient (Wildman–Crippen LogP) is 1.14. The Morgan fingerprint density at radius 1 is 1.57 bits per heavy atom. The van der Waals surface area contributed by atoms with Crippen molar-refractivity contribution < 1.29 is 4.79 Å². The lowest BCUT2D eigenvalue weighted by Gasteiger charge is -2.19. The Balaban J connectivity index is 1.83. The normalized spacial score (nSPS) is 29.7. The van der Waals surface area contributed by atoms with Crippen molar-refractivity contribution in [1.29, 1.82) is 0 Å². The molecule has 0 spiro atoms. The van der Waals surface area contributed by atoms with Crippen molar-refractivity contribution in [1.82, 2.24) is 10.2 Å². The number of carbonyl (C=O) groups excluding carboxylic acids is 1. The van der Waals surface area contributed by atoms with Gasteiger partial charge < -0.3 is 10.2 Å². The molecule has 1 aliphatic carbocycles. The van der Waals surface area contributed by atoms with Gasteiger partial charge >= 0.3 is 0 Å². The van der Waals surface area contributed by atoms with Gasteiger partial charge in [-0.3, -0.25) is 4.79 Å². The molecule has 2 atom stereocenters. The minimum atomic E-state index is 0.355. The number of rotatable bonds is 4. The smallest absolute Gasteiger partial charge is 0.224 e. The van der Waals surface area contributed by atoms with Gasteiger partial charge in [-0.05, 0) is 26.2 Å². The van der Waals surface area contributed by atoms with Crippen LogP contribution >= 0.6 is 0 Å². The Hall–Kier alpha value is -0.570. The molecule has 2 fully saturated rings. The molecule has 0 aromatic carbocycles. The maximum atomic E-state index is 11.6. The van der Waals surface area contributed by atoms with E-state index in [1.807, 2.05) is 0 Å². The molecule has 1 saturated heterocycles. The summed E-state index contributed by atoms with van der Waals surface area (Å²) in [7, 11) is 0. The second kappa shape index (κ2) is 3.89. The van der Waals surface area contributed by atoms with Crippen LogP contribution in [0.3, 0.4) is 0 Å². The zero-order valence-corrected chi connectivity index (χ0v) is 9.12. The molecular formula is C11H20N2O. The Morgan fingerprint density at radius 2 is 2.29 bits per heavy atom. The van der Waals surface area contributed by atoms with Gasteiger partial charge in [-0.1, -0.05) is 6.92 Å². The van der Waals surface area contributed by atoms with Crippen LogP contribution in [-0.2, 0) is 4.79 Å². The molecule has 3 nitrogen and oxygen atoms in total. The number of hydrogen-bond acceptors (Lipinski definition) is 2. The number of nitrogens with one attached hydrogen (secondary N) is 1. The van der Waals surface area contributed by atoms with Gasteiger partial charge in [0.1, 0.15) is 0 Å². The zero-order chi connectivity index (χ0) is 10.1. The van der Waals surface area contributed by atoms with Gasteiger partial charge in [-0.2, -0.15) is 0 Å². The van der Waals surface area contributed by atoms with E-state index in [-0.39, 0.29) is 0 Å². The lowest BCUT2D eigenvalue weighted by molar-refractivity contribution is -0.128. The fourth-order valence-corrected chi connectivity index (χ4v) is 2.10. The van der Waals surface area contributed by atoms with Gasteiger partial charge in [0.25, 0.3) is 0 Å². The highest BCUT2D eigenvalue weighted by atomic mass is 16.2. The maximum Gasteiger partial charge on any atom is 0.224 e. The van der Waals surface area contributed by atoms with Gasteiger partial charge in [-0.25, -0.2) is 0 Å². The maximum absolute atomic E-state index is 11.6. The quantitative estimate of drug-likeness (QED) is 0.731. The first-order valence-electron chi connectivity index (χ1n) is 5.76. The number of nitrogens with zero attached hydrogens (tertiary/aromatic N) is 1. The summed E-state index contributed by atoms with van der Waals surface area (Å²) < 4.78 is 0. The van der Waals surface area contributed by atoms with Crippen LogP contribution in [0.15, 0.2) is 0 Å². The lowest BCUT2D eigenvalue weighted by atomic mass is 10.2. The van der Waals surface area contributed by atoms with E-state index in [2.05, 4.69) is 24.1 Å². The van der Waals surface area contributed by atoms with Crippen molar-refractivity contribution in [3.05, 3.63) is 0 Å². The molecule has 0 aromatic heterocycles. The van der Waals surface area contributed by atoms with Crippen molar-refractivity contribution in [2.45, 2.75) is 57.7 Å². The van der Waals surface area contributed by atoms with E-state index in [4.69, 9.17) is 0 Å². The first-order valence-corrected chi connectivity index (χ1v) is 5.76. The minimum Gasteiger partial charge on any atom is -0.338 e. The molecule has 2 aliphatic rings. The van der Waals surface area contributed by atoms with Gasteiger partial charge in [0.05, 0.1) is 0 Å². The average Bonchev–Trinajstić information content (AvgIpc) is 2.92. The summed E-state index contributed by atoms with van der Waals surface area (Å²) in [6.07, 6.45) is 4.29. The summed E-state index contributed by atoms with van der Waals surface area (Å²) in [4.78, 5) is 13.7. The number of amides is 1. The highest BCUT2D eigenvalue weighted by Gasteiger charge is 2.39. The van der Waals surface area contributed by atoms with E-state index in [1.165, 1.54) is 12.8 Å². The van der Waals surface area contributed by atoms with Crippen molar-refractivity contribution in [3.63, 3.8) is 0 Å². The van der Waals surface area contributed by atoms with Gasteiger partial charge in [-0.15, -0.1) is 0 Å². The molecule has 1 saturated carbocycles. The molecule has 1 aliphatic heterocycles. The highest BCUT2D eigenvalue weighted by Crippen LogP contribution is 2.30. The Bertz CT molecular complexity index is 225. The van der Waals surface area contributed by atoms with Crippen molar-refractivity contribution in [3.8, 4) is 0 Å². The summed E-state index contributed by atoms with van der Waals surface area (Å²) in [6, 6.07) is 1.52. The summed E-state index contributed by atoms with van der Waals surface area (Å²) in [6.45, 7) is 5.30. The topological polar surface area (TPSA) is 32.3 Å². The van der Waals surface area contributed by atoms with E-state index >= 15 is 0 Å². The molecule has 1 amide bonds. The third kappa shape index (κ3) is 2.08. The molecule has 0 aromatic rings. The van der Waals surface area contributed by atoms with Crippen LogP contribution in [0.2, 0.25) is 0 Å². The van der Waals surface area contributed by atoms with Gasteiger partial charge in [0.2, 0.25) is 5.91 Å². The third-order valence-electron chi connectivity index (χ3n) is 3.28. The first kappa shape index (κ1) is 9.97. The monoisotopic (exact) mass is 196 g/mol. The summed E-state index contributed by atoms with van der Waals surface area (Å²) in [5.41, 5.74) is 0. The van der Waals surface area contributed by atoms with Crippen molar-refractivity contribution in [2.24, 2.45) is 0 Å². The van der Waals surface area contributed by atoms with E-state index in [0.717, 1.165) is 13.0 Å². The lowest BCUT2D eigenvalue weighted by Crippen LogP contribution is -2.38. The van der Waals surface area contributed by atoms with E-state index in [1.54, 1.807) is 0 Å². The van der Waals surface area contributed by atoms with E-state index in [9.17, 15) is 4.79 Å². The van der Waals surface area contributed by atoms with Crippen LogP contribution in [0.1, 0.15) is 39.5 Å². The van der Waals surface area contributed by atoms with Crippen LogP contribution in [0.5, 0.6) is 0 Å². The molecular weight excluding hydrogens is 176 g/mol. The Morgan fingerprint density at radius 3 is 2.86 bits per heavy atom. The summed E-state index contributed by atoms with van der Waals surface area (Å²) in [5.74, 6) is 0.355. The van der Waals surface area contributed by atoms with Gasteiger partial charge in [0.15, 0.2) is 0 Å². The molecule has 1 N–H and O–H groups in total. The molecule has 1 heterocycles. The van der Waals surface area contributed by atoms with Crippen molar-refractivity contribution in [2.75, 3.05) is 6.54 Å². The summed E-state index contributed by atoms with van der Waals surface area (Å²) in [5, 5.41) is 3.51. The number of carbonyl (C=O) groups is 1. The molecule has 80 valence electrons. The second-order valence-electron chi connectivity index (χ2n) is 4.65. The molecule has 3 heteroatoms. The predicted molar refractivity (Wildman–Crippen MR) is 56.0 cm³/mol. The molecule has 2 unspecified atom stereocenters. The van der Waals surface area contributed by atoms with E-state index < -0.39 is 0 Å². The van der Waals surface area contributed by atoms with E-state index in [0.29, 0.717) is 30.5 Å². The Kier molecular flexibility index (Phi) is 2.77. The minimum absolute atomic E-state index is 0.355. The van der Waals surface area contributed by atoms with Crippen LogP contribution in [0, 0.1) is 0 Å². The van der Waals surface area contributed by atoms with Crippen LogP contribution < -0.4 is 5.32 Å². The number of hydrogen-bond donors (Lipinski definition) is 1. The molecule has 0 radical (unpaired) electrons. The molecule has 2 rings (SSSR count). The fraction of sp³-hybridized carbons (Fsp3) is 0.909. The number of likely N-dealkylation sites (tertiary alicyclic amines) is 1. The standard InChI is InChI=1S/C11H20N2O/c1-3-8(2)12-9-6-11(14)13(7-9)10-4-5-10/h8-10,12H,3-7H2,1-2H3. The second-order valence-corrected chi connectivity index (χ2v) is 4.65. The average molecular weight is 196 g/mol. The zero-order valence-electron chi connectivity index (χ0n) is 9.12. The van der Waals surface area contributed by atoms with Gasteiger partial charge in [0, 0.05) is 31.1 Å². The van der Waals surface area contributed by atoms with Crippen LogP contribution in [0.4, 0.5) is 0 Å². The molecule has 0 bridgehead atoms. The fourth-order valence-electron chi connectivity index (χ4n) is 2.10. The van der Waals surface area contributed by atoms with Crippen LogP contribution in [-0.4, -0.2) is 35.5 Å².